The van der Waals surface area contributed by atoms with Crippen LogP contribution in [0.2, 0.25) is 0 Å². The summed E-state index contributed by atoms with van der Waals surface area (Å²) in [7, 11) is 0. The molecule has 0 aliphatic carbocycles. The molecule has 1 fully saturated rings. The number of amides is 1. The first-order valence-electron chi connectivity index (χ1n) is 6.32. The number of carbonyl (C=O) groups is 1. The molecule has 1 heterocycles. The Bertz CT molecular complexity index is 405. The van der Waals surface area contributed by atoms with Gasteiger partial charge in [0.25, 0.3) is 0 Å². The largest absolute Gasteiger partial charge is 0.396 e. The van der Waals surface area contributed by atoms with E-state index >= 15 is 0 Å². The van der Waals surface area contributed by atoms with Gasteiger partial charge in [-0.3, -0.25) is 4.79 Å². The highest BCUT2D eigenvalue weighted by Crippen LogP contribution is 2.17. The minimum Gasteiger partial charge on any atom is -0.396 e. The third kappa shape index (κ3) is 3.29. The molecule has 4 heteroatoms. The smallest absolute Gasteiger partial charge is 0.222 e. The summed E-state index contributed by atoms with van der Waals surface area (Å²) in [4.78, 5) is 13.7. The zero-order chi connectivity index (χ0) is 13.0. The van der Waals surface area contributed by atoms with Crippen LogP contribution in [0.25, 0.3) is 0 Å². The molecule has 0 aromatic heterocycles. The van der Waals surface area contributed by atoms with Crippen LogP contribution in [0, 0.1) is 11.7 Å². The van der Waals surface area contributed by atoms with E-state index in [9.17, 15) is 9.18 Å². The lowest BCUT2D eigenvalue weighted by Gasteiger charge is -2.16. The number of rotatable bonds is 4. The van der Waals surface area contributed by atoms with E-state index in [0.717, 1.165) is 18.5 Å². The summed E-state index contributed by atoms with van der Waals surface area (Å²) in [6.45, 7) is 1.56. The predicted molar refractivity (Wildman–Crippen MR) is 66.5 cm³/mol. The molecule has 1 aliphatic heterocycles. The first kappa shape index (κ1) is 13.0. The number of aliphatic hydroxyl groups excluding tert-OH is 1. The van der Waals surface area contributed by atoms with Gasteiger partial charge in [0.1, 0.15) is 5.82 Å². The van der Waals surface area contributed by atoms with Crippen LogP contribution >= 0.6 is 0 Å². The highest BCUT2D eigenvalue weighted by molar-refractivity contribution is 5.76. The summed E-state index contributed by atoms with van der Waals surface area (Å²) in [5.74, 6) is 0.102. The van der Waals surface area contributed by atoms with Crippen molar-refractivity contribution in [1.82, 2.24) is 4.90 Å². The van der Waals surface area contributed by atoms with Gasteiger partial charge in [0.05, 0.1) is 0 Å². The van der Waals surface area contributed by atoms with Gasteiger partial charge in [-0.2, -0.15) is 0 Å². The number of carbonyl (C=O) groups excluding carboxylic acids is 1. The highest BCUT2D eigenvalue weighted by atomic mass is 19.1. The van der Waals surface area contributed by atoms with E-state index in [1.165, 1.54) is 12.1 Å². The van der Waals surface area contributed by atoms with Crippen molar-refractivity contribution in [3.63, 3.8) is 0 Å². The summed E-state index contributed by atoms with van der Waals surface area (Å²) < 4.78 is 12.7. The molecule has 1 saturated heterocycles. The number of benzene rings is 1. The monoisotopic (exact) mass is 251 g/mol. The Balaban J connectivity index is 1.80. The molecule has 18 heavy (non-hydrogen) atoms. The quantitative estimate of drug-likeness (QED) is 0.883. The molecular weight excluding hydrogens is 233 g/mol. The maximum absolute atomic E-state index is 12.7. The first-order chi connectivity index (χ1) is 8.69. The normalized spacial score (nSPS) is 19.2. The maximum Gasteiger partial charge on any atom is 0.222 e. The summed E-state index contributed by atoms with van der Waals surface area (Å²) in [6, 6.07) is 6.25. The summed E-state index contributed by atoms with van der Waals surface area (Å²) in [5.41, 5.74) is 0.975. The van der Waals surface area contributed by atoms with Crippen LogP contribution < -0.4 is 0 Å². The Kier molecular flexibility index (Phi) is 4.31. The van der Waals surface area contributed by atoms with Gasteiger partial charge in [0.2, 0.25) is 5.91 Å². The molecule has 0 spiro atoms. The molecule has 3 nitrogen and oxygen atoms in total. The molecule has 0 bridgehead atoms. The van der Waals surface area contributed by atoms with Crippen LogP contribution in [0.4, 0.5) is 4.39 Å². The van der Waals surface area contributed by atoms with Crippen molar-refractivity contribution >= 4 is 5.91 Å². The lowest BCUT2D eigenvalue weighted by atomic mass is 10.1. The lowest BCUT2D eigenvalue weighted by molar-refractivity contribution is -0.130. The van der Waals surface area contributed by atoms with Crippen molar-refractivity contribution in [2.75, 3.05) is 19.7 Å². The Morgan fingerprint density at radius 1 is 1.39 bits per heavy atom. The van der Waals surface area contributed by atoms with Crippen LogP contribution in [0.1, 0.15) is 18.4 Å². The van der Waals surface area contributed by atoms with Gasteiger partial charge in [-0.15, -0.1) is 0 Å². The Hall–Kier alpha value is -1.42. The fourth-order valence-corrected chi connectivity index (χ4v) is 2.27. The molecule has 0 saturated carbocycles. The Morgan fingerprint density at radius 2 is 2.11 bits per heavy atom. The second-order valence-corrected chi connectivity index (χ2v) is 4.80. The van der Waals surface area contributed by atoms with Gasteiger partial charge in [-0.1, -0.05) is 12.1 Å². The SMILES string of the molecule is O=C(CCc1ccc(F)cc1)N1CCC(CO)C1. The highest BCUT2D eigenvalue weighted by Gasteiger charge is 2.24. The van der Waals surface area contributed by atoms with Crippen LogP contribution in [0.5, 0.6) is 0 Å². The molecule has 1 aromatic rings. The van der Waals surface area contributed by atoms with Gasteiger partial charge in [-0.25, -0.2) is 4.39 Å². The molecule has 1 amide bonds. The number of hydrogen-bond donors (Lipinski definition) is 1. The van der Waals surface area contributed by atoms with Gasteiger partial charge >= 0.3 is 0 Å². The molecule has 98 valence electrons. The molecule has 1 N–H and O–H groups in total. The molecule has 1 aliphatic rings. The van der Waals surface area contributed by atoms with E-state index in [1.807, 2.05) is 4.90 Å². The minimum atomic E-state index is -0.254. The van der Waals surface area contributed by atoms with Gasteiger partial charge < -0.3 is 10.0 Å². The summed E-state index contributed by atoms with van der Waals surface area (Å²) >= 11 is 0. The fourth-order valence-electron chi connectivity index (χ4n) is 2.27. The molecule has 0 radical (unpaired) electrons. The van der Waals surface area contributed by atoms with Crippen molar-refractivity contribution < 1.29 is 14.3 Å². The zero-order valence-corrected chi connectivity index (χ0v) is 10.3. The average Bonchev–Trinajstić information content (AvgIpc) is 2.86. The van der Waals surface area contributed by atoms with Gasteiger partial charge in [0.15, 0.2) is 0 Å². The zero-order valence-electron chi connectivity index (χ0n) is 10.3. The molecule has 1 aromatic carbocycles. The number of nitrogens with zero attached hydrogens (tertiary/aromatic N) is 1. The van der Waals surface area contributed by atoms with E-state index in [0.29, 0.717) is 19.4 Å². The van der Waals surface area contributed by atoms with Crippen molar-refractivity contribution in [3.8, 4) is 0 Å². The van der Waals surface area contributed by atoms with Crippen LogP contribution in [-0.4, -0.2) is 35.6 Å². The molecule has 1 atom stereocenters. The molecule has 2 rings (SSSR count). The topological polar surface area (TPSA) is 40.5 Å². The average molecular weight is 251 g/mol. The summed E-state index contributed by atoms with van der Waals surface area (Å²) in [5, 5.41) is 9.03. The number of halogens is 1. The van der Waals surface area contributed by atoms with Gasteiger partial charge in [0, 0.05) is 32.0 Å². The second-order valence-electron chi connectivity index (χ2n) is 4.80. The van der Waals surface area contributed by atoms with Gasteiger partial charge in [-0.05, 0) is 30.5 Å². The van der Waals surface area contributed by atoms with Crippen LogP contribution in [-0.2, 0) is 11.2 Å². The Labute approximate surface area is 106 Å². The first-order valence-corrected chi connectivity index (χ1v) is 6.32. The van der Waals surface area contributed by atoms with E-state index in [1.54, 1.807) is 12.1 Å². The number of aryl methyl sites for hydroxylation is 1. The second kappa shape index (κ2) is 5.96. The van der Waals surface area contributed by atoms with E-state index in [2.05, 4.69) is 0 Å². The summed E-state index contributed by atoms with van der Waals surface area (Å²) in [6.07, 6.45) is 1.97. The van der Waals surface area contributed by atoms with E-state index < -0.39 is 0 Å². The molecular formula is C14H18FNO2. The van der Waals surface area contributed by atoms with E-state index in [4.69, 9.17) is 5.11 Å². The number of hydrogen-bond acceptors (Lipinski definition) is 2. The molecule has 1 unspecified atom stereocenters. The van der Waals surface area contributed by atoms with Crippen LogP contribution in [0.3, 0.4) is 0 Å². The predicted octanol–water partition coefficient (Wildman–Crippen LogP) is 1.60. The fraction of sp³-hybridized carbons (Fsp3) is 0.500. The minimum absolute atomic E-state index is 0.121. The third-order valence-electron chi connectivity index (χ3n) is 3.44. The van der Waals surface area contributed by atoms with Crippen molar-refractivity contribution in [2.24, 2.45) is 5.92 Å². The number of aliphatic hydroxyl groups is 1. The third-order valence-corrected chi connectivity index (χ3v) is 3.44. The Morgan fingerprint density at radius 3 is 2.72 bits per heavy atom. The lowest BCUT2D eigenvalue weighted by Crippen LogP contribution is -2.29. The van der Waals surface area contributed by atoms with Crippen LogP contribution in [0.15, 0.2) is 24.3 Å². The van der Waals surface area contributed by atoms with Crippen molar-refractivity contribution in [3.05, 3.63) is 35.6 Å². The van der Waals surface area contributed by atoms with Crippen molar-refractivity contribution in [1.29, 1.82) is 0 Å². The number of likely N-dealkylation sites (tertiary alicyclic amines) is 1. The standard InChI is InChI=1S/C14H18FNO2/c15-13-4-1-11(2-5-13)3-6-14(18)16-8-7-12(9-16)10-17/h1-2,4-5,12,17H,3,6-10H2. The maximum atomic E-state index is 12.7. The van der Waals surface area contributed by atoms with E-state index in [-0.39, 0.29) is 24.2 Å². The van der Waals surface area contributed by atoms with Crippen molar-refractivity contribution in [2.45, 2.75) is 19.3 Å².